The van der Waals surface area contributed by atoms with E-state index in [-0.39, 0.29) is 0 Å². The first-order chi connectivity index (χ1) is 8.69. The van der Waals surface area contributed by atoms with Crippen LogP contribution in [0.5, 0.6) is 0 Å². The quantitative estimate of drug-likeness (QED) is 0.867. The van der Waals surface area contributed by atoms with E-state index in [1.54, 1.807) is 25.1 Å². The van der Waals surface area contributed by atoms with E-state index < -0.39 is 24.5 Å². The first kappa shape index (κ1) is 15.5. The first-order valence-corrected chi connectivity index (χ1v) is 5.88. The predicted molar refractivity (Wildman–Crippen MR) is 66.7 cm³/mol. The lowest BCUT2D eigenvalue weighted by molar-refractivity contribution is -0.139. The number of aryl methyl sites for hydroxylation is 1. The van der Waals surface area contributed by atoms with Crippen LogP contribution >= 0.6 is 0 Å². The molecule has 6 heteroatoms. The third-order valence-corrected chi connectivity index (χ3v) is 2.81. The smallest absolute Gasteiger partial charge is 0.366 e. The maximum Gasteiger partial charge on any atom is 0.390 e. The minimum absolute atomic E-state index is 0.322. The highest BCUT2D eigenvalue weighted by atomic mass is 19.4. The second-order valence-corrected chi connectivity index (χ2v) is 4.61. The Labute approximate surface area is 110 Å². The summed E-state index contributed by atoms with van der Waals surface area (Å²) in [5.74, 6) is -0.520. The van der Waals surface area contributed by atoms with E-state index in [0.29, 0.717) is 12.1 Å². The van der Waals surface area contributed by atoms with Gasteiger partial charge in [0.15, 0.2) is 0 Å². The van der Waals surface area contributed by atoms with Gasteiger partial charge >= 0.3 is 6.18 Å². The van der Waals surface area contributed by atoms with Crippen LogP contribution in [-0.2, 0) is 6.54 Å². The van der Waals surface area contributed by atoms with Gasteiger partial charge in [-0.3, -0.25) is 4.79 Å². The van der Waals surface area contributed by atoms with Crippen molar-refractivity contribution in [1.82, 2.24) is 5.32 Å². The molecule has 0 radical (unpaired) electrons. The van der Waals surface area contributed by atoms with E-state index in [4.69, 9.17) is 5.73 Å². The third-order valence-electron chi connectivity index (χ3n) is 2.81. The average molecular weight is 274 g/mol. The number of primary amides is 1. The zero-order chi connectivity index (χ0) is 14.6. The molecule has 0 saturated carbocycles. The Bertz CT molecular complexity index is 458. The van der Waals surface area contributed by atoms with Crippen LogP contribution in [0.4, 0.5) is 13.2 Å². The Morgan fingerprint density at radius 3 is 2.53 bits per heavy atom. The number of amides is 1. The predicted octanol–water partition coefficient (Wildman–Crippen LogP) is 2.52. The third kappa shape index (κ3) is 5.30. The van der Waals surface area contributed by atoms with Crippen LogP contribution < -0.4 is 11.1 Å². The summed E-state index contributed by atoms with van der Waals surface area (Å²) in [7, 11) is 0. The van der Waals surface area contributed by atoms with Gasteiger partial charge in [-0.25, -0.2) is 0 Å². The van der Waals surface area contributed by atoms with Crippen LogP contribution in [0, 0.1) is 6.92 Å². The van der Waals surface area contributed by atoms with Gasteiger partial charge in [0.1, 0.15) is 0 Å². The Morgan fingerprint density at radius 1 is 1.42 bits per heavy atom. The molecule has 0 saturated heterocycles. The van der Waals surface area contributed by atoms with Crippen LogP contribution in [0.25, 0.3) is 0 Å². The van der Waals surface area contributed by atoms with E-state index in [0.717, 1.165) is 11.1 Å². The van der Waals surface area contributed by atoms with Gasteiger partial charge in [0.25, 0.3) is 0 Å². The van der Waals surface area contributed by atoms with Gasteiger partial charge in [0, 0.05) is 18.2 Å². The molecule has 1 rings (SSSR count). The maximum atomic E-state index is 12.2. The van der Waals surface area contributed by atoms with Gasteiger partial charge in [-0.1, -0.05) is 6.07 Å². The second-order valence-electron chi connectivity index (χ2n) is 4.61. The summed E-state index contributed by atoms with van der Waals surface area (Å²) in [6, 6.07) is 4.24. The van der Waals surface area contributed by atoms with Crippen molar-refractivity contribution in [2.24, 2.45) is 5.73 Å². The zero-order valence-electron chi connectivity index (χ0n) is 10.8. The van der Waals surface area contributed by atoms with Crippen molar-refractivity contribution < 1.29 is 18.0 Å². The summed E-state index contributed by atoms with van der Waals surface area (Å²) in [6.45, 7) is 3.60. The number of benzene rings is 1. The van der Waals surface area contributed by atoms with Crippen molar-refractivity contribution in [3.63, 3.8) is 0 Å². The molecule has 1 aromatic carbocycles. The van der Waals surface area contributed by atoms with Gasteiger partial charge in [-0.2, -0.15) is 13.2 Å². The van der Waals surface area contributed by atoms with E-state index >= 15 is 0 Å². The minimum Gasteiger partial charge on any atom is -0.366 e. The molecule has 1 aromatic rings. The van der Waals surface area contributed by atoms with E-state index in [1.165, 1.54) is 6.92 Å². The summed E-state index contributed by atoms with van der Waals surface area (Å²) < 4.78 is 36.5. The Balaban J connectivity index is 2.61. The van der Waals surface area contributed by atoms with Crippen molar-refractivity contribution in [1.29, 1.82) is 0 Å². The van der Waals surface area contributed by atoms with Crippen molar-refractivity contribution in [2.75, 3.05) is 0 Å². The number of nitrogens with one attached hydrogen (secondary N) is 1. The molecule has 1 atom stereocenters. The van der Waals surface area contributed by atoms with E-state index in [2.05, 4.69) is 5.32 Å². The van der Waals surface area contributed by atoms with E-state index in [1.807, 2.05) is 0 Å². The van der Waals surface area contributed by atoms with Crippen molar-refractivity contribution in [3.05, 3.63) is 34.9 Å². The molecule has 0 spiro atoms. The molecule has 3 nitrogen and oxygen atoms in total. The first-order valence-electron chi connectivity index (χ1n) is 5.88. The summed E-state index contributed by atoms with van der Waals surface area (Å²) >= 11 is 0. The topological polar surface area (TPSA) is 55.1 Å². The molecule has 0 fully saturated rings. The van der Waals surface area contributed by atoms with Crippen LogP contribution in [0.15, 0.2) is 18.2 Å². The highest BCUT2D eigenvalue weighted by Crippen LogP contribution is 2.21. The molecule has 0 aliphatic rings. The molecule has 1 amide bonds. The summed E-state index contributed by atoms with van der Waals surface area (Å²) in [5, 5.41) is 2.81. The molecule has 3 N–H and O–H groups in total. The van der Waals surface area contributed by atoms with Crippen molar-refractivity contribution >= 4 is 5.91 Å². The summed E-state index contributed by atoms with van der Waals surface area (Å²) in [4.78, 5) is 11.0. The molecule has 0 aliphatic heterocycles. The number of rotatable bonds is 5. The largest absolute Gasteiger partial charge is 0.390 e. The lowest BCUT2D eigenvalue weighted by Crippen LogP contribution is -2.30. The lowest BCUT2D eigenvalue weighted by atomic mass is 10.0. The zero-order valence-corrected chi connectivity index (χ0v) is 10.8. The van der Waals surface area contributed by atoms with Gasteiger partial charge in [0.2, 0.25) is 5.91 Å². The highest BCUT2D eigenvalue weighted by Gasteiger charge is 2.29. The van der Waals surface area contributed by atoms with E-state index in [9.17, 15) is 18.0 Å². The van der Waals surface area contributed by atoms with Gasteiger partial charge < -0.3 is 11.1 Å². The number of hydrogen-bond donors (Lipinski definition) is 2. The SMILES string of the molecule is Cc1cc(C(N)=O)ccc1CNC(C)CC(F)(F)F. The van der Waals surface area contributed by atoms with Gasteiger partial charge in [0.05, 0.1) is 6.42 Å². The van der Waals surface area contributed by atoms with Crippen LogP contribution in [-0.4, -0.2) is 18.1 Å². The van der Waals surface area contributed by atoms with Gasteiger partial charge in [-0.15, -0.1) is 0 Å². The Kier molecular flexibility index (Phi) is 4.94. The fourth-order valence-corrected chi connectivity index (χ4v) is 1.75. The molecule has 0 heterocycles. The number of hydrogen-bond acceptors (Lipinski definition) is 2. The molecular formula is C13H17F3N2O. The van der Waals surface area contributed by atoms with Crippen LogP contribution in [0.2, 0.25) is 0 Å². The fraction of sp³-hybridized carbons (Fsp3) is 0.462. The molecule has 19 heavy (non-hydrogen) atoms. The second kappa shape index (κ2) is 6.06. The van der Waals surface area contributed by atoms with Crippen molar-refractivity contribution in [3.8, 4) is 0 Å². The van der Waals surface area contributed by atoms with Crippen LogP contribution in [0.1, 0.15) is 34.8 Å². The minimum atomic E-state index is -4.17. The Hall–Kier alpha value is -1.56. The number of alkyl halides is 3. The molecule has 1 unspecified atom stereocenters. The number of halogens is 3. The molecule has 0 aromatic heterocycles. The number of nitrogens with two attached hydrogens (primary N) is 1. The monoisotopic (exact) mass is 274 g/mol. The standard InChI is InChI=1S/C13H17F3N2O/c1-8-5-10(12(17)19)3-4-11(8)7-18-9(2)6-13(14,15)16/h3-5,9,18H,6-7H2,1-2H3,(H2,17,19). The number of carbonyl (C=O) groups excluding carboxylic acids is 1. The lowest BCUT2D eigenvalue weighted by Gasteiger charge is -2.16. The summed E-state index contributed by atoms with van der Waals surface area (Å²) in [6.07, 6.45) is -5.04. The maximum absolute atomic E-state index is 12.2. The van der Waals surface area contributed by atoms with Crippen LogP contribution in [0.3, 0.4) is 0 Å². The van der Waals surface area contributed by atoms with Crippen molar-refractivity contribution in [2.45, 2.75) is 39.0 Å². The van der Waals surface area contributed by atoms with Gasteiger partial charge in [-0.05, 0) is 37.1 Å². The normalized spacial score (nSPS) is 13.3. The number of carbonyl (C=O) groups is 1. The highest BCUT2D eigenvalue weighted by molar-refractivity contribution is 5.93. The molecule has 0 aliphatic carbocycles. The molecular weight excluding hydrogens is 257 g/mol. The average Bonchev–Trinajstić information content (AvgIpc) is 2.24. The fourth-order valence-electron chi connectivity index (χ4n) is 1.75. The summed E-state index contributed by atoms with van der Waals surface area (Å²) in [5.41, 5.74) is 7.21. The molecule has 0 bridgehead atoms. The Morgan fingerprint density at radius 2 is 2.05 bits per heavy atom. The molecule has 106 valence electrons.